The van der Waals surface area contributed by atoms with Crippen molar-refractivity contribution in [3.8, 4) is 11.5 Å². The van der Waals surface area contributed by atoms with Crippen molar-refractivity contribution in [2.24, 2.45) is 11.7 Å². The van der Waals surface area contributed by atoms with Crippen molar-refractivity contribution < 1.29 is 23.9 Å². The zero-order chi connectivity index (χ0) is 22.8. The molecule has 4 rings (SSSR count). The number of ether oxygens (including phenoxy) is 2. The SMILES string of the molecule is COc1cc(OC)cc(C(=O)Nc2nc3c(s2)CCC3C(=O)N2CCC(C(N)=O)CC2)c1. The second-order valence-electron chi connectivity index (χ2n) is 7.98. The number of aromatic nitrogens is 1. The van der Waals surface area contributed by atoms with E-state index in [1.807, 2.05) is 0 Å². The van der Waals surface area contributed by atoms with Crippen molar-refractivity contribution in [3.63, 3.8) is 0 Å². The van der Waals surface area contributed by atoms with Gasteiger partial charge in [0.1, 0.15) is 11.5 Å². The third-order valence-electron chi connectivity index (χ3n) is 6.06. The van der Waals surface area contributed by atoms with Crippen LogP contribution in [0.25, 0.3) is 0 Å². The van der Waals surface area contributed by atoms with Gasteiger partial charge in [0.05, 0.1) is 25.8 Å². The first-order chi connectivity index (χ1) is 15.4. The predicted octanol–water partition coefficient (Wildman–Crippen LogP) is 2.17. The highest BCUT2D eigenvalue weighted by Gasteiger charge is 2.37. The monoisotopic (exact) mass is 458 g/mol. The van der Waals surface area contributed by atoms with Gasteiger partial charge in [-0.2, -0.15) is 0 Å². The van der Waals surface area contributed by atoms with Crippen LogP contribution in [0.4, 0.5) is 5.13 Å². The number of methoxy groups -OCH3 is 2. The average molecular weight is 459 g/mol. The highest BCUT2D eigenvalue weighted by molar-refractivity contribution is 7.16. The molecule has 1 aliphatic heterocycles. The third-order valence-corrected chi connectivity index (χ3v) is 7.11. The molecule has 0 spiro atoms. The molecule has 0 bridgehead atoms. The molecule has 0 radical (unpaired) electrons. The van der Waals surface area contributed by atoms with Crippen molar-refractivity contribution in [2.45, 2.75) is 31.6 Å². The molecule has 1 fully saturated rings. The van der Waals surface area contributed by atoms with Gasteiger partial charge >= 0.3 is 0 Å². The van der Waals surface area contributed by atoms with Gasteiger partial charge in [-0.1, -0.05) is 0 Å². The molecule has 0 saturated carbocycles. The predicted molar refractivity (Wildman–Crippen MR) is 119 cm³/mol. The van der Waals surface area contributed by atoms with E-state index in [1.54, 1.807) is 23.1 Å². The van der Waals surface area contributed by atoms with Gasteiger partial charge in [0.2, 0.25) is 11.8 Å². The summed E-state index contributed by atoms with van der Waals surface area (Å²) in [4.78, 5) is 44.6. The molecule has 3 amide bonds. The number of nitrogens with zero attached hydrogens (tertiary/aromatic N) is 2. The first kappa shape index (κ1) is 22.1. The summed E-state index contributed by atoms with van der Waals surface area (Å²) in [6, 6.07) is 4.94. The zero-order valence-corrected chi connectivity index (χ0v) is 18.9. The second-order valence-corrected chi connectivity index (χ2v) is 9.06. The summed E-state index contributed by atoms with van der Waals surface area (Å²) < 4.78 is 10.4. The summed E-state index contributed by atoms with van der Waals surface area (Å²) in [5.74, 6) is -0.0283. The zero-order valence-electron chi connectivity index (χ0n) is 18.1. The lowest BCUT2D eigenvalue weighted by atomic mass is 9.95. The number of nitrogens with one attached hydrogen (secondary N) is 1. The number of thiazole rings is 1. The second kappa shape index (κ2) is 9.15. The number of carbonyl (C=O) groups excluding carboxylic acids is 3. The molecule has 1 unspecified atom stereocenters. The Morgan fingerprint density at radius 1 is 1.09 bits per heavy atom. The van der Waals surface area contributed by atoms with Gasteiger partial charge in [-0.05, 0) is 37.8 Å². The number of nitrogens with two attached hydrogens (primary N) is 1. The van der Waals surface area contributed by atoms with E-state index in [0.717, 1.165) is 17.0 Å². The Bertz CT molecular complexity index is 1020. The maximum Gasteiger partial charge on any atom is 0.257 e. The quantitative estimate of drug-likeness (QED) is 0.684. The van der Waals surface area contributed by atoms with Gasteiger partial charge in [0, 0.05) is 35.5 Å². The molecule has 2 heterocycles. The third kappa shape index (κ3) is 4.40. The lowest BCUT2D eigenvalue weighted by molar-refractivity contribution is -0.136. The van der Waals surface area contributed by atoms with Gasteiger partial charge in [-0.15, -0.1) is 11.3 Å². The molecule has 1 aliphatic carbocycles. The number of anilines is 1. The molecular weight excluding hydrogens is 432 g/mol. The summed E-state index contributed by atoms with van der Waals surface area (Å²) in [6.45, 7) is 1.06. The van der Waals surface area contributed by atoms with E-state index < -0.39 is 0 Å². The minimum Gasteiger partial charge on any atom is -0.497 e. The van der Waals surface area contributed by atoms with Gasteiger partial charge in [-0.3, -0.25) is 19.7 Å². The van der Waals surface area contributed by atoms with Crippen molar-refractivity contribution in [1.82, 2.24) is 9.88 Å². The summed E-state index contributed by atoms with van der Waals surface area (Å²) >= 11 is 1.40. The van der Waals surface area contributed by atoms with Crippen LogP contribution in [0, 0.1) is 5.92 Å². The molecule has 1 aromatic carbocycles. The first-order valence-electron chi connectivity index (χ1n) is 10.5. The number of primary amides is 1. The van der Waals surface area contributed by atoms with Crippen LogP contribution in [0.3, 0.4) is 0 Å². The highest BCUT2D eigenvalue weighted by Crippen LogP contribution is 2.40. The van der Waals surface area contributed by atoms with E-state index in [0.29, 0.717) is 54.5 Å². The summed E-state index contributed by atoms with van der Waals surface area (Å²) in [7, 11) is 3.05. The molecule has 2 aromatic rings. The number of fused-ring (bicyclic) bond motifs is 1. The molecule has 32 heavy (non-hydrogen) atoms. The fourth-order valence-corrected chi connectivity index (χ4v) is 5.27. The van der Waals surface area contributed by atoms with E-state index >= 15 is 0 Å². The largest absolute Gasteiger partial charge is 0.497 e. The highest BCUT2D eigenvalue weighted by atomic mass is 32.1. The van der Waals surface area contributed by atoms with Crippen LogP contribution in [-0.4, -0.2) is 54.9 Å². The Morgan fingerprint density at radius 2 is 1.75 bits per heavy atom. The Morgan fingerprint density at radius 3 is 2.34 bits per heavy atom. The fourth-order valence-electron chi connectivity index (χ4n) is 4.23. The van der Waals surface area contributed by atoms with Crippen LogP contribution in [0.2, 0.25) is 0 Å². The average Bonchev–Trinajstić information content (AvgIpc) is 3.38. The van der Waals surface area contributed by atoms with Gasteiger partial charge in [0.15, 0.2) is 5.13 Å². The molecule has 1 atom stereocenters. The van der Waals surface area contributed by atoms with Crippen LogP contribution in [0.1, 0.15) is 46.1 Å². The number of rotatable bonds is 6. The number of hydrogen-bond donors (Lipinski definition) is 2. The molecule has 3 N–H and O–H groups in total. The number of aryl methyl sites for hydroxylation is 1. The van der Waals surface area contributed by atoms with Crippen LogP contribution in [-0.2, 0) is 16.0 Å². The first-order valence-corrected chi connectivity index (χ1v) is 11.3. The summed E-state index contributed by atoms with van der Waals surface area (Å²) in [5, 5.41) is 3.29. The standard InChI is InChI=1S/C22H26N4O5S/c1-30-14-9-13(10-15(11-14)31-2)20(28)25-22-24-18-16(3-4-17(18)32-22)21(29)26-7-5-12(6-8-26)19(23)27/h9-12,16H,3-8H2,1-2H3,(H2,23,27)(H,24,25,28). The molecule has 1 aromatic heterocycles. The normalized spacial score (nSPS) is 18.2. The lowest BCUT2D eigenvalue weighted by Crippen LogP contribution is -2.43. The van der Waals surface area contributed by atoms with Crippen molar-refractivity contribution >= 4 is 34.2 Å². The van der Waals surface area contributed by atoms with Gasteiger partial charge < -0.3 is 20.1 Å². The van der Waals surface area contributed by atoms with E-state index in [-0.39, 0.29) is 29.6 Å². The topological polar surface area (TPSA) is 124 Å². The minimum absolute atomic E-state index is 0.0346. The van der Waals surface area contributed by atoms with E-state index in [9.17, 15) is 14.4 Å². The van der Waals surface area contributed by atoms with Crippen LogP contribution in [0.5, 0.6) is 11.5 Å². The van der Waals surface area contributed by atoms with Gasteiger partial charge in [0.25, 0.3) is 5.91 Å². The van der Waals surface area contributed by atoms with E-state index in [2.05, 4.69) is 10.3 Å². The number of piperidine rings is 1. The molecule has 9 nitrogen and oxygen atoms in total. The maximum absolute atomic E-state index is 13.1. The van der Waals surface area contributed by atoms with Crippen LogP contribution in [0.15, 0.2) is 18.2 Å². The van der Waals surface area contributed by atoms with E-state index in [1.165, 1.54) is 25.6 Å². The fraction of sp³-hybridized carbons (Fsp3) is 0.455. The lowest BCUT2D eigenvalue weighted by Gasteiger charge is -2.32. The Balaban J connectivity index is 1.44. The number of amides is 3. The summed E-state index contributed by atoms with van der Waals surface area (Å²) in [5.41, 5.74) is 6.53. The molecule has 170 valence electrons. The molecule has 2 aliphatic rings. The smallest absolute Gasteiger partial charge is 0.257 e. The Labute approximate surface area is 189 Å². The number of benzene rings is 1. The molecule has 1 saturated heterocycles. The maximum atomic E-state index is 13.1. The van der Waals surface area contributed by atoms with Gasteiger partial charge in [-0.25, -0.2) is 4.98 Å². The minimum atomic E-state index is -0.328. The van der Waals surface area contributed by atoms with E-state index in [4.69, 9.17) is 15.2 Å². The Kier molecular flexibility index (Phi) is 6.31. The number of likely N-dealkylation sites (tertiary alicyclic amines) is 1. The van der Waals surface area contributed by atoms with Crippen molar-refractivity contribution in [2.75, 3.05) is 32.6 Å². The van der Waals surface area contributed by atoms with Crippen LogP contribution >= 0.6 is 11.3 Å². The van der Waals surface area contributed by atoms with Crippen molar-refractivity contribution in [3.05, 3.63) is 34.3 Å². The Hall–Kier alpha value is -3.14. The molecular formula is C22H26N4O5S. The van der Waals surface area contributed by atoms with Crippen LogP contribution < -0.4 is 20.5 Å². The summed E-state index contributed by atoms with van der Waals surface area (Å²) in [6.07, 6.45) is 2.67. The number of hydrogen-bond acceptors (Lipinski definition) is 7. The number of carbonyl (C=O) groups is 3. The molecule has 10 heteroatoms. The van der Waals surface area contributed by atoms with Crippen molar-refractivity contribution in [1.29, 1.82) is 0 Å².